The molecule has 0 spiro atoms. The summed E-state index contributed by atoms with van der Waals surface area (Å²) in [6, 6.07) is 4.30. The normalized spacial score (nSPS) is 15.6. The fraction of sp³-hybridized carbons (Fsp3) is 0.385. The highest BCUT2D eigenvalue weighted by atomic mass is 35.5. The van der Waals surface area contributed by atoms with Gasteiger partial charge in [0.15, 0.2) is 0 Å². The first kappa shape index (κ1) is 12.9. The molecule has 0 aromatic heterocycles. The van der Waals surface area contributed by atoms with E-state index in [0.29, 0.717) is 5.69 Å². The summed E-state index contributed by atoms with van der Waals surface area (Å²) in [5.41, 5.74) is 0.581. The molecular weight excluding hydrogens is 254 g/mol. The van der Waals surface area contributed by atoms with Crippen LogP contribution in [-0.4, -0.2) is 17.0 Å². The van der Waals surface area contributed by atoms with Crippen molar-refractivity contribution < 1.29 is 14.7 Å². The van der Waals surface area contributed by atoms with Crippen LogP contribution in [0.1, 0.15) is 36.0 Å². The standard InChI is InChI=1S/C13H14ClNO3/c14-10-7-9(13(17)18)5-6-11(10)15-12(16)8-3-1-2-4-8/h5-8H,1-4H2,(H,15,16)(H,17,18). The van der Waals surface area contributed by atoms with E-state index in [2.05, 4.69) is 5.32 Å². The smallest absolute Gasteiger partial charge is 0.335 e. The van der Waals surface area contributed by atoms with Crippen molar-refractivity contribution in [1.29, 1.82) is 0 Å². The topological polar surface area (TPSA) is 66.4 Å². The Morgan fingerprint density at radius 1 is 1.28 bits per heavy atom. The molecule has 2 N–H and O–H groups in total. The van der Waals surface area contributed by atoms with Gasteiger partial charge in [-0.3, -0.25) is 4.79 Å². The van der Waals surface area contributed by atoms with E-state index in [1.165, 1.54) is 18.2 Å². The second kappa shape index (κ2) is 5.40. The lowest BCUT2D eigenvalue weighted by Gasteiger charge is -2.11. The number of carboxylic acid groups (broad SMARTS) is 1. The van der Waals surface area contributed by atoms with Gasteiger partial charge in [0, 0.05) is 5.92 Å². The second-order valence-electron chi connectivity index (χ2n) is 4.47. The number of carboxylic acids is 1. The monoisotopic (exact) mass is 267 g/mol. The molecule has 1 aliphatic rings. The van der Waals surface area contributed by atoms with E-state index in [-0.39, 0.29) is 22.4 Å². The molecule has 1 aliphatic carbocycles. The maximum atomic E-state index is 11.9. The van der Waals surface area contributed by atoms with Crippen LogP contribution in [0.25, 0.3) is 0 Å². The molecule has 1 aromatic carbocycles. The minimum atomic E-state index is -1.04. The summed E-state index contributed by atoms with van der Waals surface area (Å²) >= 11 is 5.95. The predicted octanol–water partition coefficient (Wildman–Crippen LogP) is 3.17. The summed E-state index contributed by atoms with van der Waals surface area (Å²) in [4.78, 5) is 22.6. The number of rotatable bonds is 3. The van der Waals surface area contributed by atoms with Crippen molar-refractivity contribution >= 4 is 29.2 Å². The molecule has 0 bridgehead atoms. The summed E-state index contributed by atoms with van der Waals surface area (Å²) in [6.45, 7) is 0. The zero-order valence-corrected chi connectivity index (χ0v) is 10.5. The van der Waals surface area contributed by atoms with E-state index in [0.717, 1.165) is 25.7 Å². The minimum absolute atomic E-state index is 0.0301. The molecule has 1 fully saturated rings. The SMILES string of the molecule is O=C(O)c1ccc(NC(=O)C2CCCC2)c(Cl)c1. The highest BCUT2D eigenvalue weighted by Crippen LogP contribution is 2.28. The van der Waals surface area contributed by atoms with Crippen LogP contribution in [0.2, 0.25) is 5.02 Å². The third-order valence-corrected chi connectivity index (χ3v) is 3.51. The number of carbonyl (C=O) groups excluding carboxylic acids is 1. The molecule has 1 saturated carbocycles. The molecule has 0 aliphatic heterocycles. The van der Waals surface area contributed by atoms with Gasteiger partial charge in [0.2, 0.25) is 5.91 Å². The number of hydrogen-bond donors (Lipinski definition) is 2. The molecule has 0 radical (unpaired) electrons. The van der Waals surface area contributed by atoms with Gasteiger partial charge in [-0.15, -0.1) is 0 Å². The lowest BCUT2D eigenvalue weighted by molar-refractivity contribution is -0.119. The number of hydrogen-bond acceptors (Lipinski definition) is 2. The number of carbonyl (C=O) groups is 2. The summed E-state index contributed by atoms with van der Waals surface area (Å²) < 4.78 is 0. The van der Waals surface area contributed by atoms with Gasteiger partial charge >= 0.3 is 5.97 Å². The Bertz CT molecular complexity index is 481. The van der Waals surface area contributed by atoms with Gasteiger partial charge in [0.25, 0.3) is 0 Å². The third-order valence-electron chi connectivity index (χ3n) is 3.20. The van der Waals surface area contributed by atoms with Crippen molar-refractivity contribution in [3.63, 3.8) is 0 Å². The number of halogens is 1. The molecule has 1 aromatic rings. The molecule has 0 unspecified atom stereocenters. The Morgan fingerprint density at radius 2 is 1.94 bits per heavy atom. The lowest BCUT2D eigenvalue weighted by atomic mass is 10.1. The van der Waals surface area contributed by atoms with Gasteiger partial charge in [-0.25, -0.2) is 4.79 Å². The van der Waals surface area contributed by atoms with Gasteiger partial charge in [0.05, 0.1) is 16.3 Å². The van der Waals surface area contributed by atoms with Crippen LogP contribution in [0.15, 0.2) is 18.2 Å². The van der Waals surface area contributed by atoms with Crippen LogP contribution in [-0.2, 0) is 4.79 Å². The number of benzene rings is 1. The molecule has 0 heterocycles. The fourth-order valence-corrected chi connectivity index (χ4v) is 2.40. The van der Waals surface area contributed by atoms with Gasteiger partial charge in [0.1, 0.15) is 0 Å². The lowest BCUT2D eigenvalue weighted by Crippen LogP contribution is -2.20. The van der Waals surface area contributed by atoms with Crippen molar-refractivity contribution in [3.8, 4) is 0 Å². The average molecular weight is 268 g/mol. The Labute approximate surface area is 110 Å². The quantitative estimate of drug-likeness (QED) is 0.884. The number of nitrogens with one attached hydrogen (secondary N) is 1. The highest BCUT2D eigenvalue weighted by molar-refractivity contribution is 6.34. The predicted molar refractivity (Wildman–Crippen MR) is 69.0 cm³/mol. The van der Waals surface area contributed by atoms with Crippen LogP contribution >= 0.6 is 11.6 Å². The Hall–Kier alpha value is -1.55. The summed E-state index contributed by atoms with van der Waals surface area (Å²) in [5.74, 6) is -1.01. The molecule has 4 nitrogen and oxygen atoms in total. The van der Waals surface area contributed by atoms with E-state index in [1.54, 1.807) is 0 Å². The molecule has 1 amide bonds. The Balaban J connectivity index is 2.09. The van der Waals surface area contributed by atoms with Crippen molar-refractivity contribution in [2.75, 3.05) is 5.32 Å². The van der Waals surface area contributed by atoms with Crippen LogP contribution in [0, 0.1) is 5.92 Å². The Kier molecular flexibility index (Phi) is 3.87. The van der Waals surface area contributed by atoms with Gasteiger partial charge in [-0.2, -0.15) is 0 Å². The fourth-order valence-electron chi connectivity index (χ4n) is 2.17. The van der Waals surface area contributed by atoms with E-state index < -0.39 is 5.97 Å². The summed E-state index contributed by atoms with van der Waals surface area (Å²) in [5, 5.41) is 11.8. The second-order valence-corrected chi connectivity index (χ2v) is 4.88. The first-order chi connectivity index (χ1) is 8.58. The number of amides is 1. The van der Waals surface area contributed by atoms with E-state index >= 15 is 0 Å². The molecule has 2 rings (SSSR count). The van der Waals surface area contributed by atoms with Crippen molar-refractivity contribution in [2.45, 2.75) is 25.7 Å². The summed E-state index contributed by atoms with van der Waals surface area (Å²) in [6.07, 6.45) is 4.00. The van der Waals surface area contributed by atoms with Crippen molar-refractivity contribution in [1.82, 2.24) is 0 Å². The Morgan fingerprint density at radius 3 is 2.50 bits per heavy atom. The van der Waals surface area contributed by atoms with Crippen LogP contribution < -0.4 is 5.32 Å². The molecule has 5 heteroatoms. The van der Waals surface area contributed by atoms with Crippen LogP contribution in [0.5, 0.6) is 0 Å². The van der Waals surface area contributed by atoms with Crippen LogP contribution in [0.3, 0.4) is 0 Å². The van der Waals surface area contributed by atoms with E-state index in [9.17, 15) is 9.59 Å². The molecule has 0 saturated heterocycles. The first-order valence-electron chi connectivity index (χ1n) is 5.91. The maximum absolute atomic E-state index is 11.9. The van der Waals surface area contributed by atoms with E-state index in [4.69, 9.17) is 16.7 Å². The van der Waals surface area contributed by atoms with Crippen molar-refractivity contribution in [3.05, 3.63) is 28.8 Å². The molecule has 96 valence electrons. The van der Waals surface area contributed by atoms with Crippen molar-refractivity contribution in [2.24, 2.45) is 5.92 Å². The number of anilines is 1. The molecule has 18 heavy (non-hydrogen) atoms. The zero-order valence-electron chi connectivity index (χ0n) is 9.78. The zero-order chi connectivity index (χ0) is 13.1. The maximum Gasteiger partial charge on any atom is 0.335 e. The van der Waals surface area contributed by atoms with E-state index in [1.807, 2.05) is 0 Å². The average Bonchev–Trinajstić information content (AvgIpc) is 2.85. The van der Waals surface area contributed by atoms with Gasteiger partial charge in [-0.05, 0) is 31.0 Å². The largest absolute Gasteiger partial charge is 0.478 e. The number of aromatic carboxylic acids is 1. The van der Waals surface area contributed by atoms with Gasteiger partial charge in [-0.1, -0.05) is 24.4 Å². The van der Waals surface area contributed by atoms with Crippen LogP contribution in [0.4, 0.5) is 5.69 Å². The minimum Gasteiger partial charge on any atom is -0.478 e. The molecule has 0 atom stereocenters. The highest BCUT2D eigenvalue weighted by Gasteiger charge is 2.23. The first-order valence-corrected chi connectivity index (χ1v) is 6.29. The summed E-state index contributed by atoms with van der Waals surface area (Å²) in [7, 11) is 0. The van der Waals surface area contributed by atoms with Gasteiger partial charge < -0.3 is 10.4 Å². The molecular formula is C13H14ClNO3. The third kappa shape index (κ3) is 2.82.